The number of carbonyl (C=O) groups excluding carboxylic acids is 1. The molecule has 0 unspecified atom stereocenters. The van der Waals surface area contributed by atoms with E-state index in [0.717, 1.165) is 18.3 Å². The molecule has 27 heavy (non-hydrogen) atoms. The maximum atomic E-state index is 12.6. The van der Waals surface area contributed by atoms with E-state index in [2.05, 4.69) is 15.0 Å². The number of carbonyl (C=O) groups is 1. The Labute approximate surface area is 159 Å². The Morgan fingerprint density at radius 1 is 1.15 bits per heavy atom. The highest BCUT2D eigenvalue weighted by atomic mass is 35.5. The molecule has 0 aromatic carbocycles. The zero-order valence-corrected chi connectivity index (χ0v) is 15.2. The fourth-order valence-corrected chi connectivity index (χ4v) is 3.08. The molecule has 6 nitrogen and oxygen atoms in total. The molecule has 0 saturated carbocycles. The predicted octanol–water partition coefficient (Wildman–Crippen LogP) is 3.28. The molecule has 10 heteroatoms. The second-order valence-corrected chi connectivity index (χ2v) is 6.70. The first-order chi connectivity index (χ1) is 12.8. The van der Waals surface area contributed by atoms with Crippen LogP contribution in [0.25, 0.3) is 0 Å². The van der Waals surface area contributed by atoms with Crippen LogP contribution in [0, 0.1) is 0 Å². The molecule has 1 aliphatic rings. The third kappa shape index (κ3) is 4.47. The minimum Gasteiger partial charge on any atom is -0.341 e. The molecule has 0 spiro atoms. The number of aromatic nitrogens is 3. The van der Waals surface area contributed by atoms with Crippen molar-refractivity contribution in [2.45, 2.75) is 25.1 Å². The number of nitrogens with zero attached hydrogens (tertiary/aromatic N) is 5. The first-order valence-electron chi connectivity index (χ1n) is 8.28. The molecule has 0 N–H and O–H groups in total. The van der Waals surface area contributed by atoms with Crippen LogP contribution in [-0.4, -0.2) is 51.9 Å². The van der Waals surface area contributed by atoms with Gasteiger partial charge in [-0.2, -0.15) is 13.2 Å². The zero-order valence-electron chi connectivity index (χ0n) is 14.4. The average molecular weight is 400 g/mol. The van der Waals surface area contributed by atoms with Crippen LogP contribution in [0.4, 0.5) is 19.1 Å². The van der Waals surface area contributed by atoms with E-state index >= 15 is 0 Å². The molecule has 144 valence electrons. The van der Waals surface area contributed by atoms with E-state index in [-0.39, 0.29) is 17.5 Å². The number of piperidine rings is 1. The second kappa shape index (κ2) is 7.67. The molecule has 0 bridgehead atoms. The van der Waals surface area contributed by atoms with Crippen molar-refractivity contribution in [3.63, 3.8) is 0 Å². The molecule has 1 aliphatic heterocycles. The summed E-state index contributed by atoms with van der Waals surface area (Å²) in [5.74, 6) is 0.233. The number of anilines is 1. The normalized spacial score (nSPS) is 15.7. The van der Waals surface area contributed by atoms with E-state index in [1.54, 1.807) is 4.90 Å². The lowest BCUT2D eigenvalue weighted by Crippen LogP contribution is -2.46. The van der Waals surface area contributed by atoms with Gasteiger partial charge in [0.05, 0.1) is 23.0 Å². The zero-order chi connectivity index (χ0) is 19.6. The number of alkyl halides is 3. The van der Waals surface area contributed by atoms with Gasteiger partial charge >= 0.3 is 6.18 Å². The second-order valence-electron chi connectivity index (χ2n) is 6.27. The molecular formula is C17H17ClF3N5O. The van der Waals surface area contributed by atoms with Crippen LogP contribution >= 0.6 is 11.6 Å². The van der Waals surface area contributed by atoms with Crippen molar-refractivity contribution in [1.29, 1.82) is 0 Å². The molecule has 2 aromatic rings. The largest absolute Gasteiger partial charge is 0.433 e. The molecule has 0 radical (unpaired) electrons. The molecule has 0 aliphatic carbocycles. The lowest BCUT2D eigenvalue weighted by Gasteiger charge is -2.36. The van der Waals surface area contributed by atoms with Gasteiger partial charge in [-0.25, -0.2) is 9.97 Å². The number of likely N-dealkylation sites (tertiary alicyclic amines) is 1. The highest BCUT2D eigenvalue weighted by Crippen LogP contribution is 2.27. The van der Waals surface area contributed by atoms with Crippen molar-refractivity contribution in [2.24, 2.45) is 0 Å². The summed E-state index contributed by atoms with van der Waals surface area (Å²) >= 11 is 5.79. The first-order valence-corrected chi connectivity index (χ1v) is 8.66. The van der Waals surface area contributed by atoms with Gasteiger partial charge in [0, 0.05) is 32.4 Å². The van der Waals surface area contributed by atoms with Crippen molar-refractivity contribution >= 4 is 23.5 Å². The van der Waals surface area contributed by atoms with E-state index in [4.69, 9.17) is 11.6 Å². The Hall–Kier alpha value is -2.42. The van der Waals surface area contributed by atoms with Crippen LogP contribution < -0.4 is 4.90 Å². The minimum atomic E-state index is -4.52. The molecule has 2 aromatic heterocycles. The van der Waals surface area contributed by atoms with E-state index in [9.17, 15) is 18.0 Å². The molecule has 3 heterocycles. The van der Waals surface area contributed by atoms with Gasteiger partial charge in [-0.3, -0.25) is 9.78 Å². The quantitative estimate of drug-likeness (QED) is 0.792. The van der Waals surface area contributed by atoms with Crippen molar-refractivity contribution in [3.8, 4) is 0 Å². The Kier molecular flexibility index (Phi) is 5.50. The number of hydrogen-bond acceptors (Lipinski definition) is 5. The highest BCUT2D eigenvalue weighted by molar-refractivity contribution is 6.30. The van der Waals surface area contributed by atoms with E-state index < -0.39 is 11.9 Å². The maximum Gasteiger partial charge on any atom is 0.433 e. The molecule has 1 amide bonds. The fraction of sp³-hybridized carbons (Fsp3) is 0.412. The SMILES string of the molecule is CN(c1ncc(Cl)cn1)C1CCN(C(=O)c2ccc(C(F)(F)F)nc2)CC1. The molecule has 3 rings (SSSR count). The van der Waals surface area contributed by atoms with Gasteiger partial charge < -0.3 is 9.80 Å². The predicted molar refractivity (Wildman–Crippen MR) is 93.6 cm³/mol. The fourth-order valence-electron chi connectivity index (χ4n) is 2.98. The van der Waals surface area contributed by atoms with E-state index in [0.29, 0.717) is 36.9 Å². The summed E-state index contributed by atoms with van der Waals surface area (Å²) in [5.41, 5.74) is -0.863. The van der Waals surface area contributed by atoms with Gasteiger partial charge in [0.1, 0.15) is 5.69 Å². The van der Waals surface area contributed by atoms with Crippen LogP contribution in [0.3, 0.4) is 0 Å². The topological polar surface area (TPSA) is 62.2 Å². The van der Waals surface area contributed by atoms with Crippen LogP contribution in [0.2, 0.25) is 5.02 Å². The van der Waals surface area contributed by atoms with Gasteiger partial charge in [-0.1, -0.05) is 11.6 Å². The monoisotopic (exact) mass is 399 g/mol. The molecule has 0 atom stereocenters. The standard InChI is InChI=1S/C17H17ClF3N5O/c1-25(16-23-9-12(18)10-24-16)13-4-6-26(7-5-13)15(27)11-2-3-14(22-8-11)17(19,20)21/h2-3,8-10,13H,4-7H2,1H3. The van der Waals surface area contributed by atoms with Gasteiger partial charge in [-0.15, -0.1) is 0 Å². The van der Waals surface area contributed by atoms with Gasteiger partial charge in [0.2, 0.25) is 5.95 Å². The molecular weight excluding hydrogens is 383 g/mol. The van der Waals surface area contributed by atoms with Crippen LogP contribution in [0.1, 0.15) is 28.9 Å². The van der Waals surface area contributed by atoms with Crippen molar-refractivity contribution < 1.29 is 18.0 Å². The van der Waals surface area contributed by atoms with Crippen molar-refractivity contribution in [1.82, 2.24) is 19.9 Å². The van der Waals surface area contributed by atoms with E-state index in [1.807, 2.05) is 11.9 Å². The maximum absolute atomic E-state index is 12.6. The molecule has 1 fully saturated rings. The van der Waals surface area contributed by atoms with Gasteiger partial charge in [-0.05, 0) is 25.0 Å². The summed E-state index contributed by atoms with van der Waals surface area (Å²) in [7, 11) is 1.88. The summed E-state index contributed by atoms with van der Waals surface area (Å²) in [4.78, 5) is 27.8. The highest BCUT2D eigenvalue weighted by Gasteiger charge is 2.33. The Balaban J connectivity index is 1.60. The number of halogens is 4. The number of amides is 1. The van der Waals surface area contributed by atoms with Crippen LogP contribution in [0.5, 0.6) is 0 Å². The van der Waals surface area contributed by atoms with Crippen molar-refractivity contribution in [2.75, 3.05) is 25.0 Å². The molecule has 1 saturated heterocycles. The number of rotatable bonds is 3. The van der Waals surface area contributed by atoms with Crippen LogP contribution in [0.15, 0.2) is 30.7 Å². The minimum absolute atomic E-state index is 0.149. The summed E-state index contributed by atoms with van der Waals surface area (Å²) in [6, 6.07) is 2.14. The Morgan fingerprint density at radius 3 is 2.30 bits per heavy atom. The third-order valence-corrected chi connectivity index (χ3v) is 4.72. The first kappa shape index (κ1) is 19.3. The summed E-state index contributed by atoms with van der Waals surface area (Å²) < 4.78 is 37.7. The number of pyridine rings is 1. The Bertz CT molecular complexity index is 790. The van der Waals surface area contributed by atoms with Gasteiger partial charge in [0.15, 0.2) is 0 Å². The van der Waals surface area contributed by atoms with Crippen molar-refractivity contribution in [3.05, 3.63) is 47.0 Å². The Morgan fingerprint density at radius 2 is 1.78 bits per heavy atom. The number of hydrogen-bond donors (Lipinski definition) is 0. The lowest BCUT2D eigenvalue weighted by molar-refractivity contribution is -0.141. The third-order valence-electron chi connectivity index (χ3n) is 4.52. The van der Waals surface area contributed by atoms with Crippen LogP contribution in [-0.2, 0) is 6.18 Å². The van der Waals surface area contributed by atoms with Gasteiger partial charge in [0.25, 0.3) is 5.91 Å². The lowest BCUT2D eigenvalue weighted by atomic mass is 10.0. The average Bonchev–Trinajstić information content (AvgIpc) is 2.67. The summed E-state index contributed by atoms with van der Waals surface area (Å²) in [5, 5.41) is 0.456. The van der Waals surface area contributed by atoms with E-state index in [1.165, 1.54) is 12.4 Å². The summed E-state index contributed by atoms with van der Waals surface area (Å²) in [6.07, 6.45) is 0.900. The summed E-state index contributed by atoms with van der Waals surface area (Å²) in [6.45, 7) is 0.977. The smallest absolute Gasteiger partial charge is 0.341 e.